The van der Waals surface area contributed by atoms with Crippen molar-refractivity contribution < 1.29 is 4.79 Å². The van der Waals surface area contributed by atoms with Gasteiger partial charge in [0.2, 0.25) is 0 Å². The summed E-state index contributed by atoms with van der Waals surface area (Å²) in [6.45, 7) is 7.67. The van der Waals surface area contributed by atoms with E-state index in [9.17, 15) is 4.79 Å². The molecule has 2 aromatic rings. The fourth-order valence-corrected chi connectivity index (χ4v) is 3.15. The Kier molecular flexibility index (Phi) is 6.81. The molecule has 1 N–H and O–H groups in total. The quantitative estimate of drug-likeness (QED) is 0.854. The molecule has 2 unspecified atom stereocenters. The third kappa shape index (κ3) is 4.14. The zero-order valence-electron chi connectivity index (χ0n) is 13.6. The number of hydrogen-bond donors (Lipinski definition) is 1. The van der Waals surface area contributed by atoms with E-state index in [4.69, 9.17) is 0 Å². The molecule has 6 heteroatoms. The van der Waals surface area contributed by atoms with Crippen LogP contribution in [-0.4, -0.2) is 41.0 Å². The molecule has 23 heavy (non-hydrogen) atoms. The Balaban J connectivity index is 0.00000132. The molecule has 0 aliphatic carbocycles. The summed E-state index contributed by atoms with van der Waals surface area (Å²) in [5.74, 6) is 0.108. The molecule has 2 atom stereocenters. The second-order valence-electron chi connectivity index (χ2n) is 6.01. The van der Waals surface area contributed by atoms with Gasteiger partial charge in [0, 0.05) is 36.3 Å². The van der Waals surface area contributed by atoms with Gasteiger partial charge < -0.3 is 10.2 Å². The van der Waals surface area contributed by atoms with E-state index in [1.54, 1.807) is 0 Å². The van der Waals surface area contributed by atoms with Gasteiger partial charge in [-0.2, -0.15) is 0 Å². The van der Waals surface area contributed by atoms with Gasteiger partial charge in [-0.25, -0.2) is 0 Å². The first-order chi connectivity index (χ1) is 10.0. The van der Waals surface area contributed by atoms with Gasteiger partial charge in [0.15, 0.2) is 0 Å². The number of benzene rings is 1. The van der Waals surface area contributed by atoms with Crippen molar-refractivity contribution in [2.24, 2.45) is 0 Å². The van der Waals surface area contributed by atoms with Crippen LogP contribution in [0.4, 0.5) is 0 Å². The summed E-state index contributed by atoms with van der Waals surface area (Å²) in [5, 5.41) is 4.39. The topological polar surface area (TPSA) is 45.2 Å². The van der Waals surface area contributed by atoms with Crippen LogP contribution in [0, 0.1) is 6.92 Å². The molecular weight excluding hydrogens is 333 g/mol. The lowest BCUT2D eigenvalue weighted by atomic mass is 10.0. The first-order valence-electron chi connectivity index (χ1n) is 7.46. The Bertz CT molecular complexity index is 683. The SMILES string of the molecule is Cc1cc(C(=O)N2CC(C)NC(C)C2)c2ccccc2n1.Cl.Cl. The average Bonchev–Trinajstić information content (AvgIpc) is 2.44. The second kappa shape index (κ2) is 7.95. The van der Waals surface area contributed by atoms with Crippen LogP contribution in [0.3, 0.4) is 0 Å². The Labute approximate surface area is 149 Å². The standard InChI is InChI=1S/C17H21N3O.2ClH/c1-11-8-15(14-6-4-5-7-16(14)19-11)17(21)20-9-12(2)18-13(3)10-20;;/h4-8,12-13,18H,9-10H2,1-3H3;2*1H. The lowest BCUT2D eigenvalue weighted by Gasteiger charge is -2.36. The Morgan fingerprint density at radius 1 is 1.17 bits per heavy atom. The van der Waals surface area contributed by atoms with Crippen molar-refractivity contribution in [1.82, 2.24) is 15.2 Å². The van der Waals surface area contributed by atoms with Crippen molar-refractivity contribution in [3.63, 3.8) is 0 Å². The smallest absolute Gasteiger partial charge is 0.254 e. The van der Waals surface area contributed by atoms with Gasteiger partial charge in [-0.1, -0.05) is 18.2 Å². The highest BCUT2D eigenvalue weighted by Gasteiger charge is 2.26. The zero-order valence-corrected chi connectivity index (χ0v) is 15.2. The summed E-state index contributed by atoms with van der Waals surface area (Å²) in [5.41, 5.74) is 2.53. The number of carbonyl (C=O) groups excluding carboxylic acids is 1. The zero-order chi connectivity index (χ0) is 15.0. The van der Waals surface area contributed by atoms with E-state index in [1.165, 1.54) is 0 Å². The van der Waals surface area contributed by atoms with E-state index in [1.807, 2.05) is 42.2 Å². The predicted octanol–water partition coefficient (Wildman–Crippen LogP) is 3.21. The van der Waals surface area contributed by atoms with Gasteiger partial charge in [-0.15, -0.1) is 24.8 Å². The summed E-state index contributed by atoms with van der Waals surface area (Å²) >= 11 is 0. The Hall–Kier alpha value is -1.36. The monoisotopic (exact) mass is 355 g/mol. The van der Waals surface area contributed by atoms with Crippen molar-refractivity contribution >= 4 is 41.6 Å². The van der Waals surface area contributed by atoms with E-state index in [0.29, 0.717) is 12.1 Å². The fraction of sp³-hybridized carbons (Fsp3) is 0.412. The number of para-hydroxylation sites is 1. The van der Waals surface area contributed by atoms with Crippen molar-refractivity contribution in [1.29, 1.82) is 0 Å². The molecule has 1 saturated heterocycles. The molecule has 0 bridgehead atoms. The number of pyridine rings is 1. The minimum Gasteiger partial charge on any atom is -0.336 e. The van der Waals surface area contributed by atoms with Gasteiger partial charge >= 0.3 is 0 Å². The first kappa shape index (κ1) is 19.7. The number of halogens is 2. The summed E-state index contributed by atoms with van der Waals surface area (Å²) in [7, 11) is 0. The summed E-state index contributed by atoms with van der Waals surface area (Å²) < 4.78 is 0. The molecule has 126 valence electrons. The van der Waals surface area contributed by atoms with E-state index in [2.05, 4.69) is 24.1 Å². The molecular formula is C17H23Cl2N3O. The number of rotatable bonds is 1. The van der Waals surface area contributed by atoms with Gasteiger partial charge in [-0.05, 0) is 32.9 Å². The van der Waals surface area contributed by atoms with Crippen molar-refractivity contribution in [3.05, 3.63) is 41.6 Å². The summed E-state index contributed by atoms with van der Waals surface area (Å²) in [6, 6.07) is 10.4. The fourth-order valence-electron chi connectivity index (χ4n) is 3.15. The van der Waals surface area contributed by atoms with Crippen LogP contribution in [-0.2, 0) is 0 Å². The number of aromatic nitrogens is 1. The maximum Gasteiger partial charge on any atom is 0.254 e. The molecule has 1 aliphatic rings. The van der Waals surface area contributed by atoms with E-state index >= 15 is 0 Å². The predicted molar refractivity (Wildman–Crippen MR) is 98.9 cm³/mol. The van der Waals surface area contributed by atoms with Crippen LogP contribution < -0.4 is 5.32 Å². The number of nitrogens with zero attached hydrogens (tertiary/aromatic N) is 2. The van der Waals surface area contributed by atoms with Crippen molar-refractivity contribution in [2.75, 3.05) is 13.1 Å². The maximum atomic E-state index is 12.9. The number of aryl methyl sites for hydroxylation is 1. The van der Waals surface area contributed by atoms with Crippen LogP contribution in [0.1, 0.15) is 29.9 Å². The highest BCUT2D eigenvalue weighted by molar-refractivity contribution is 6.06. The van der Waals surface area contributed by atoms with E-state index < -0.39 is 0 Å². The van der Waals surface area contributed by atoms with Crippen LogP contribution in [0.15, 0.2) is 30.3 Å². The molecule has 0 radical (unpaired) electrons. The number of hydrogen-bond acceptors (Lipinski definition) is 3. The number of nitrogens with one attached hydrogen (secondary N) is 1. The molecule has 1 aromatic carbocycles. The minimum atomic E-state index is 0. The number of piperazine rings is 1. The first-order valence-corrected chi connectivity index (χ1v) is 7.46. The van der Waals surface area contributed by atoms with Crippen LogP contribution in [0.5, 0.6) is 0 Å². The number of carbonyl (C=O) groups is 1. The van der Waals surface area contributed by atoms with Gasteiger partial charge in [0.05, 0.1) is 11.1 Å². The molecule has 1 aromatic heterocycles. The van der Waals surface area contributed by atoms with E-state index in [0.717, 1.165) is 35.2 Å². The van der Waals surface area contributed by atoms with Gasteiger partial charge in [0.1, 0.15) is 0 Å². The van der Waals surface area contributed by atoms with Crippen molar-refractivity contribution in [2.45, 2.75) is 32.9 Å². The lowest BCUT2D eigenvalue weighted by molar-refractivity contribution is 0.0675. The highest BCUT2D eigenvalue weighted by atomic mass is 35.5. The largest absolute Gasteiger partial charge is 0.336 e. The minimum absolute atomic E-state index is 0. The average molecular weight is 356 g/mol. The number of amides is 1. The van der Waals surface area contributed by atoms with Gasteiger partial charge in [0.25, 0.3) is 5.91 Å². The third-order valence-corrected chi connectivity index (χ3v) is 3.92. The molecule has 1 aliphatic heterocycles. The van der Waals surface area contributed by atoms with Crippen LogP contribution in [0.25, 0.3) is 10.9 Å². The summed E-state index contributed by atoms with van der Waals surface area (Å²) in [4.78, 5) is 19.4. The molecule has 3 rings (SSSR count). The molecule has 2 heterocycles. The van der Waals surface area contributed by atoms with Crippen LogP contribution in [0.2, 0.25) is 0 Å². The molecule has 0 saturated carbocycles. The number of fused-ring (bicyclic) bond motifs is 1. The normalized spacial score (nSPS) is 20.6. The molecule has 0 spiro atoms. The second-order valence-corrected chi connectivity index (χ2v) is 6.01. The molecule has 1 amide bonds. The van der Waals surface area contributed by atoms with Crippen LogP contribution >= 0.6 is 24.8 Å². The molecule has 1 fully saturated rings. The maximum absolute atomic E-state index is 12.9. The Morgan fingerprint density at radius 3 is 2.43 bits per heavy atom. The van der Waals surface area contributed by atoms with Crippen molar-refractivity contribution in [3.8, 4) is 0 Å². The highest BCUT2D eigenvalue weighted by Crippen LogP contribution is 2.21. The van der Waals surface area contributed by atoms with Gasteiger partial charge in [-0.3, -0.25) is 9.78 Å². The lowest BCUT2D eigenvalue weighted by Crippen LogP contribution is -2.55. The van der Waals surface area contributed by atoms with E-state index in [-0.39, 0.29) is 30.7 Å². The molecule has 4 nitrogen and oxygen atoms in total. The Morgan fingerprint density at radius 2 is 1.78 bits per heavy atom. The summed E-state index contributed by atoms with van der Waals surface area (Å²) in [6.07, 6.45) is 0. The third-order valence-electron chi connectivity index (χ3n) is 3.92.